The minimum atomic E-state index is -0.238. The third kappa shape index (κ3) is 2.97. The second kappa shape index (κ2) is 5.93. The number of anilines is 1. The summed E-state index contributed by atoms with van der Waals surface area (Å²) in [6.07, 6.45) is 6.17. The van der Waals surface area contributed by atoms with Crippen molar-refractivity contribution < 1.29 is 9.32 Å². The van der Waals surface area contributed by atoms with E-state index in [2.05, 4.69) is 20.7 Å². The van der Waals surface area contributed by atoms with Crippen molar-refractivity contribution in [1.82, 2.24) is 15.4 Å². The molecule has 1 aliphatic rings. The summed E-state index contributed by atoms with van der Waals surface area (Å²) in [5, 5.41) is 16.5. The van der Waals surface area contributed by atoms with Crippen molar-refractivity contribution in [3.63, 3.8) is 0 Å². The molecule has 7 heteroatoms. The Morgan fingerprint density at radius 2 is 2.00 bits per heavy atom. The highest BCUT2D eigenvalue weighted by molar-refractivity contribution is 7.15. The maximum absolute atomic E-state index is 12.2. The van der Waals surface area contributed by atoms with Gasteiger partial charge in [0.2, 0.25) is 5.13 Å². The Hall–Kier alpha value is -1.76. The minimum Gasteiger partial charge on any atom is -0.361 e. The molecular formula is C14H18N4O2S. The van der Waals surface area contributed by atoms with Crippen molar-refractivity contribution >= 4 is 22.4 Å². The number of carbonyl (C=O) groups is 1. The first-order valence-electron chi connectivity index (χ1n) is 7.23. The number of hydrogen-bond donors (Lipinski definition) is 1. The van der Waals surface area contributed by atoms with Gasteiger partial charge in [-0.1, -0.05) is 35.8 Å². The van der Waals surface area contributed by atoms with Gasteiger partial charge in [-0.2, -0.15) is 0 Å². The Bertz CT molecular complexity index is 624. The van der Waals surface area contributed by atoms with Gasteiger partial charge in [-0.05, 0) is 26.7 Å². The van der Waals surface area contributed by atoms with Crippen LogP contribution >= 0.6 is 11.3 Å². The zero-order valence-corrected chi connectivity index (χ0v) is 13.0. The largest absolute Gasteiger partial charge is 0.361 e. The molecule has 0 saturated heterocycles. The first-order valence-corrected chi connectivity index (χ1v) is 8.04. The van der Waals surface area contributed by atoms with Gasteiger partial charge in [0.1, 0.15) is 16.3 Å². The zero-order chi connectivity index (χ0) is 14.8. The quantitative estimate of drug-likeness (QED) is 0.939. The number of carbonyl (C=O) groups excluding carboxylic acids is 1. The lowest BCUT2D eigenvalue weighted by atomic mass is 9.90. The molecule has 1 aliphatic carbocycles. The van der Waals surface area contributed by atoms with Crippen molar-refractivity contribution in [3.05, 3.63) is 22.0 Å². The molecule has 1 fully saturated rings. The highest BCUT2D eigenvalue weighted by Crippen LogP contribution is 2.35. The maximum Gasteiger partial charge on any atom is 0.263 e. The third-order valence-corrected chi connectivity index (χ3v) is 4.88. The average molecular weight is 306 g/mol. The van der Waals surface area contributed by atoms with Crippen LogP contribution in [0.25, 0.3) is 0 Å². The third-order valence-electron chi connectivity index (χ3n) is 3.88. The number of nitrogens with zero attached hydrogens (tertiary/aromatic N) is 3. The zero-order valence-electron chi connectivity index (χ0n) is 12.2. The fourth-order valence-corrected chi connectivity index (χ4v) is 3.67. The van der Waals surface area contributed by atoms with Crippen LogP contribution in [0.4, 0.5) is 5.13 Å². The van der Waals surface area contributed by atoms with Crippen molar-refractivity contribution in [2.75, 3.05) is 5.32 Å². The topological polar surface area (TPSA) is 80.9 Å². The van der Waals surface area contributed by atoms with Gasteiger partial charge in [0, 0.05) is 5.92 Å². The molecule has 1 N–H and O–H groups in total. The molecule has 112 valence electrons. The highest BCUT2D eigenvalue weighted by Gasteiger charge is 2.22. The molecule has 0 atom stereocenters. The first kappa shape index (κ1) is 14.2. The molecule has 2 aromatic rings. The number of hydrogen-bond acceptors (Lipinski definition) is 6. The Morgan fingerprint density at radius 3 is 2.67 bits per heavy atom. The van der Waals surface area contributed by atoms with Gasteiger partial charge in [-0.15, -0.1) is 10.2 Å². The van der Waals surface area contributed by atoms with Crippen molar-refractivity contribution in [1.29, 1.82) is 0 Å². The summed E-state index contributed by atoms with van der Waals surface area (Å²) in [4.78, 5) is 12.2. The van der Waals surface area contributed by atoms with Gasteiger partial charge < -0.3 is 4.52 Å². The highest BCUT2D eigenvalue weighted by atomic mass is 32.1. The minimum absolute atomic E-state index is 0.238. The summed E-state index contributed by atoms with van der Waals surface area (Å²) in [6.45, 7) is 3.47. The van der Waals surface area contributed by atoms with E-state index in [1.54, 1.807) is 13.8 Å². The van der Waals surface area contributed by atoms with Gasteiger partial charge in [0.25, 0.3) is 5.91 Å². The summed E-state index contributed by atoms with van der Waals surface area (Å²) >= 11 is 1.47. The number of nitrogens with one attached hydrogen (secondary N) is 1. The molecular weight excluding hydrogens is 288 g/mol. The SMILES string of the molecule is Cc1noc(C)c1C(=O)Nc1nnc(C2CCCCC2)s1. The van der Waals surface area contributed by atoms with Crippen molar-refractivity contribution in [2.45, 2.75) is 51.9 Å². The van der Waals surface area contributed by atoms with Crippen LogP contribution in [0.3, 0.4) is 0 Å². The molecule has 0 bridgehead atoms. The van der Waals surface area contributed by atoms with E-state index in [1.165, 1.54) is 43.4 Å². The average Bonchev–Trinajstić information content (AvgIpc) is 3.07. The molecule has 1 saturated carbocycles. The molecule has 0 aliphatic heterocycles. The van der Waals surface area contributed by atoms with E-state index >= 15 is 0 Å². The van der Waals surface area contributed by atoms with E-state index in [9.17, 15) is 4.79 Å². The molecule has 1 amide bonds. The molecule has 2 heterocycles. The molecule has 0 radical (unpaired) electrons. The summed E-state index contributed by atoms with van der Waals surface area (Å²) in [7, 11) is 0. The van der Waals surface area contributed by atoms with Gasteiger partial charge >= 0.3 is 0 Å². The van der Waals surface area contributed by atoms with Crippen molar-refractivity contribution in [3.8, 4) is 0 Å². The van der Waals surface area contributed by atoms with E-state index < -0.39 is 0 Å². The number of aromatic nitrogens is 3. The van der Waals surface area contributed by atoms with Gasteiger partial charge in [0.05, 0.1) is 5.69 Å². The van der Waals surface area contributed by atoms with E-state index in [-0.39, 0.29) is 5.91 Å². The molecule has 2 aromatic heterocycles. The van der Waals surface area contributed by atoms with E-state index in [0.29, 0.717) is 28.1 Å². The second-order valence-corrected chi connectivity index (χ2v) is 6.44. The van der Waals surface area contributed by atoms with Gasteiger partial charge in [0.15, 0.2) is 0 Å². The van der Waals surface area contributed by atoms with Crippen LogP contribution in [0.5, 0.6) is 0 Å². The normalized spacial score (nSPS) is 16.1. The monoisotopic (exact) mass is 306 g/mol. The Balaban J connectivity index is 1.71. The molecule has 0 unspecified atom stereocenters. The Kier molecular flexibility index (Phi) is 4.01. The lowest BCUT2D eigenvalue weighted by Gasteiger charge is -2.18. The molecule has 6 nitrogen and oxygen atoms in total. The van der Waals surface area contributed by atoms with Crippen LogP contribution in [0.15, 0.2) is 4.52 Å². The van der Waals surface area contributed by atoms with Crippen LogP contribution in [0, 0.1) is 13.8 Å². The van der Waals surface area contributed by atoms with Crippen LogP contribution in [0.2, 0.25) is 0 Å². The summed E-state index contributed by atoms with van der Waals surface area (Å²) in [5.74, 6) is 0.778. The maximum atomic E-state index is 12.2. The predicted octanol–water partition coefficient (Wildman–Crippen LogP) is 3.44. The molecule has 21 heavy (non-hydrogen) atoms. The summed E-state index contributed by atoms with van der Waals surface area (Å²) in [5.41, 5.74) is 1.06. The van der Waals surface area contributed by atoms with Crippen LogP contribution in [-0.4, -0.2) is 21.3 Å². The fourth-order valence-electron chi connectivity index (χ4n) is 2.77. The molecule has 0 spiro atoms. The number of rotatable bonds is 3. The second-order valence-electron chi connectivity index (χ2n) is 5.43. The van der Waals surface area contributed by atoms with Crippen molar-refractivity contribution in [2.24, 2.45) is 0 Å². The lowest BCUT2D eigenvalue weighted by Crippen LogP contribution is -2.13. The number of amides is 1. The van der Waals surface area contributed by atoms with E-state index in [0.717, 1.165) is 5.01 Å². The van der Waals surface area contributed by atoms with E-state index in [4.69, 9.17) is 4.52 Å². The number of aryl methyl sites for hydroxylation is 2. The Morgan fingerprint density at radius 1 is 1.24 bits per heavy atom. The van der Waals surface area contributed by atoms with E-state index in [1.807, 2.05) is 0 Å². The molecule has 0 aromatic carbocycles. The standard InChI is InChI=1S/C14H18N4O2S/c1-8-11(9(2)20-18-8)12(19)15-14-17-16-13(21-14)10-6-4-3-5-7-10/h10H,3-7H2,1-2H3,(H,15,17,19). The smallest absolute Gasteiger partial charge is 0.263 e. The lowest BCUT2D eigenvalue weighted by molar-refractivity contribution is 0.102. The first-order chi connectivity index (χ1) is 10.1. The summed E-state index contributed by atoms with van der Waals surface area (Å²) in [6, 6.07) is 0. The van der Waals surface area contributed by atoms with Gasteiger partial charge in [-0.25, -0.2) is 0 Å². The van der Waals surface area contributed by atoms with Crippen LogP contribution in [-0.2, 0) is 0 Å². The van der Waals surface area contributed by atoms with Crippen LogP contribution < -0.4 is 5.32 Å². The fraction of sp³-hybridized carbons (Fsp3) is 0.571. The summed E-state index contributed by atoms with van der Waals surface area (Å²) < 4.78 is 5.01. The van der Waals surface area contributed by atoms with Crippen LogP contribution in [0.1, 0.15) is 64.8 Å². The molecule has 3 rings (SSSR count). The van der Waals surface area contributed by atoms with Gasteiger partial charge in [-0.3, -0.25) is 10.1 Å². The predicted molar refractivity (Wildman–Crippen MR) is 79.7 cm³/mol. The Labute approximate surface area is 126 Å².